The Morgan fingerprint density at radius 3 is 2.62 bits per heavy atom. The molecule has 0 unspecified atom stereocenters. The number of pyridine rings is 1. The maximum Gasteiger partial charge on any atom is 0.256 e. The molecule has 34 heavy (non-hydrogen) atoms. The van der Waals surface area contributed by atoms with E-state index in [-0.39, 0.29) is 5.91 Å². The van der Waals surface area contributed by atoms with Crippen molar-refractivity contribution >= 4 is 22.5 Å². The summed E-state index contributed by atoms with van der Waals surface area (Å²) in [5, 5.41) is 12.7. The summed E-state index contributed by atoms with van der Waals surface area (Å²) in [5.41, 5.74) is 7.92. The Morgan fingerprint density at radius 1 is 1.03 bits per heavy atom. The average molecular weight is 451 g/mol. The number of hydrogen-bond acceptors (Lipinski definition) is 4. The number of para-hydroxylation sites is 1. The number of anilines is 1. The molecule has 3 heterocycles. The largest absolute Gasteiger partial charge is 0.319 e. The highest BCUT2D eigenvalue weighted by Gasteiger charge is 2.19. The Morgan fingerprint density at radius 2 is 1.85 bits per heavy atom. The van der Waals surface area contributed by atoms with E-state index in [1.54, 1.807) is 6.20 Å². The zero-order valence-corrected chi connectivity index (χ0v) is 19.7. The van der Waals surface area contributed by atoms with Crippen molar-refractivity contribution < 1.29 is 4.79 Å². The predicted octanol–water partition coefficient (Wildman–Crippen LogP) is 5.06. The third-order valence-corrected chi connectivity index (χ3v) is 6.04. The lowest BCUT2D eigenvalue weighted by molar-refractivity contribution is 0.102. The van der Waals surface area contributed by atoms with E-state index in [2.05, 4.69) is 40.6 Å². The zero-order valence-electron chi connectivity index (χ0n) is 19.7. The van der Waals surface area contributed by atoms with Gasteiger partial charge in [0.1, 0.15) is 0 Å². The van der Waals surface area contributed by atoms with Gasteiger partial charge < -0.3 is 5.32 Å². The molecule has 0 spiro atoms. The van der Waals surface area contributed by atoms with E-state index < -0.39 is 0 Å². The Kier molecular flexibility index (Phi) is 5.45. The minimum Gasteiger partial charge on any atom is -0.319 e. The van der Waals surface area contributed by atoms with Gasteiger partial charge >= 0.3 is 0 Å². The summed E-state index contributed by atoms with van der Waals surface area (Å²) in [6.07, 6.45) is 3.52. The van der Waals surface area contributed by atoms with Gasteiger partial charge in [0.15, 0.2) is 0 Å². The van der Waals surface area contributed by atoms with Crippen molar-refractivity contribution in [3.05, 3.63) is 95.1 Å². The van der Waals surface area contributed by atoms with Crippen molar-refractivity contribution in [3.63, 3.8) is 0 Å². The van der Waals surface area contributed by atoms with E-state index in [0.29, 0.717) is 17.8 Å². The number of carbonyl (C=O) groups excluding carboxylic acids is 1. The van der Waals surface area contributed by atoms with E-state index >= 15 is 0 Å². The van der Waals surface area contributed by atoms with E-state index in [1.807, 2.05) is 72.9 Å². The molecule has 0 bridgehead atoms. The van der Waals surface area contributed by atoms with Gasteiger partial charge in [-0.05, 0) is 38.5 Å². The van der Waals surface area contributed by atoms with Crippen LogP contribution in [0.5, 0.6) is 0 Å². The summed E-state index contributed by atoms with van der Waals surface area (Å²) in [6.45, 7) is 6.68. The number of carbonyl (C=O) groups is 1. The summed E-state index contributed by atoms with van der Waals surface area (Å²) >= 11 is 0. The highest BCUT2D eigenvalue weighted by Crippen LogP contribution is 2.29. The number of rotatable bonds is 5. The molecule has 0 radical (unpaired) electrons. The van der Waals surface area contributed by atoms with Gasteiger partial charge in [-0.1, -0.05) is 48.0 Å². The van der Waals surface area contributed by atoms with Gasteiger partial charge in [-0.25, -0.2) is 4.98 Å². The normalized spacial score (nSPS) is 11.2. The Hall–Kier alpha value is -4.26. The van der Waals surface area contributed by atoms with Crippen LogP contribution in [-0.4, -0.2) is 30.5 Å². The van der Waals surface area contributed by atoms with Crippen molar-refractivity contribution in [2.75, 3.05) is 5.32 Å². The number of benzene rings is 2. The van der Waals surface area contributed by atoms with Crippen molar-refractivity contribution in [1.82, 2.24) is 24.5 Å². The average Bonchev–Trinajstić information content (AvgIpc) is 3.35. The van der Waals surface area contributed by atoms with Gasteiger partial charge in [0.05, 0.1) is 40.9 Å². The van der Waals surface area contributed by atoms with Gasteiger partial charge in [-0.2, -0.15) is 10.2 Å². The molecule has 0 saturated carbocycles. The van der Waals surface area contributed by atoms with Crippen LogP contribution in [0.3, 0.4) is 0 Å². The van der Waals surface area contributed by atoms with Crippen molar-refractivity contribution in [2.24, 2.45) is 7.05 Å². The number of aromatic nitrogens is 5. The number of hydrogen-bond donors (Lipinski definition) is 1. The summed E-state index contributed by atoms with van der Waals surface area (Å²) in [6, 6.07) is 17.9. The monoisotopic (exact) mass is 450 g/mol. The molecule has 0 aliphatic heterocycles. The number of nitrogens with zero attached hydrogens (tertiary/aromatic N) is 5. The van der Waals surface area contributed by atoms with E-state index in [9.17, 15) is 4.79 Å². The summed E-state index contributed by atoms with van der Waals surface area (Å²) in [7, 11) is 1.91. The van der Waals surface area contributed by atoms with Crippen LogP contribution in [-0.2, 0) is 13.6 Å². The molecule has 5 aromatic rings. The second-order valence-corrected chi connectivity index (χ2v) is 8.61. The molecule has 7 heteroatoms. The van der Waals surface area contributed by atoms with Crippen molar-refractivity contribution in [2.45, 2.75) is 27.3 Å². The second kappa shape index (κ2) is 8.59. The molecule has 1 amide bonds. The fourth-order valence-corrected chi connectivity index (χ4v) is 4.35. The fraction of sp³-hybridized carbons (Fsp3) is 0.185. The third-order valence-electron chi connectivity index (χ3n) is 6.04. The minimum absolute atomic E-state index is 0.200. The smallest absolute Gasteiger partial charge is 0.256 e. The Balaban J connectivity index is 1.47. The summed E-state index contributed by atoms with van der Waals surface area (Å²) in [5.74, 6) is -0.200. The Labute approximate surface area is 198 Å². The topological polar surface area (TPSA) is 77.6 Å². The number of fused-ring (bicyclic) bond motifs is 1. The predicted molar refractivity (Wildman–Crippen MR) is 134 cm³/mol. The number of aryl methyl sites for hydroxylation is 3. The maximum atomic E-state index is 13.4. The lowest BCUT2D eigenvalue weighted by Gasteiger charge is -2.10. The number of nitrogens with one attached hydrogen (secondary N) is 1. The minimum atomic E-state index is -0.200. The molecule has 170 valence electrons. The summed E-state index contributed by atoms with van der Waals surface area (Å²) < 4.78 is 3.66. The lowest BCUT2D eigenvalue weighted by atomic mass is 10.0. The first kappa shape index (κ1) is 21.6. The first-order chi connectivity index (χ1) is 16.4. The second-order valence-electron chi connectivity index (χ2n) is 8.61. The van der Waals surface area contributed by atoms with E-state index in [0.717, 1.165) is 39.1 Å². The molecule has 1 N–H and O–H groups in total. The molecule has 0 atom stereocenters. The van der Waals surface area contributed by atoms with Crippen LogP contribution in [0.2, 0.25) is 0 Å². The first-order valence-electron chi connectivity index (χ1n) is 11.2. The van der Waals surface area contributed by atoms with Crippen LogP contribution < -0.4 is 5.32 Å². The van der Waals surface area contributed by atoms with Crippen LogP contribution in [0.4, 0.5) is 5.69 Å². The maximum absolute atomic E-state index is 13.4. The van der Waals surface area contributed by atoms with E-state index in [1.165, 1.54) is 5.56 Å². The third kappa shape index (κ3) is 4.08. The van der Waals surface area contributed by atoms with Crippen LogP contribution in [0, 0.1) is 20.8 Å². The van der Waals surface area contributed by atoms with Gasteiger partial charge in [0.2, 0.25) is 0 Å². The standard InChI is InChI=1S/C27H26N6O/c1-17-8-7-9-20(12-17)15-33-16-21(14-28-33)29-27(34)23-13-25(26-18(2)31-32(4)19(26)3)30-24-11-6-5-10-22(23)24/h5-14,16H,15H2,1-4H3,(H,29,34). The first-order valence-corrected chi connectivity index (χ1v) is 11.2. The molecule has 0 aliphatic rings. The summed E-state index contributed by atoms with van der Waals surface area (Å²) in [4.78, 5) is 18.2. The van der Waals surface area contributed by atoms with E-state index in [4.69, 9.17) is 4.98 Å². The van der Waals surface area contributed by atoms with Gasteiger partial charge in [-0.3, -0.25) is 14.2 Å². The number of amides is 1. The lowest BCUT2D eigenvalue weighted by Crippen LogP contribution is -2.13. The quantitative estimate of drug-likeness (QED) is 0.406. The van der Waals surface area contributed by atoms with Crippen LogP contribution in [0.1, 0.15) is 32.9 Å². The van der Waals surface area contributed by atoms with Crippen LogP contribution >= 0.6 is 0 Å². The van der Waals surface area contributed by atoms with Gasteiger partial charge in [0.25, 0.3) is 5.91 Å². The molecule has 2 aromatic carbocycles. The molecule has 0 aliphatic carbocycles. The fourth-order valence-electron chi connectivity index (χ4n) is 4.35. The molecule has 7 nitrogen and oxygen atoms in total. The van der Waals surface area contributed by atoms with Crippen molar-refractivity contribution in [3.8, 4) is 11.3 Å². The van der Waals surface area contributed by atoms with Gasteiger partial charge in [-0.15, -0.1) is 0 Å². The highest BCUT2D eigenvalue weighted by atomic mass is 16.1. The molecular formula is C27H26N6O. The van der Waals surface area contributed by atoms with Crippen LogP contribution in [0.25, 0.3) is 22.2 Å². The van der Waals surface area contributed by atoms with Crippen molar-refractivity contribution in [1.29, 1.82) is 0 Å². The molecule has 0 saturated heterocycles. The highest BCUT2D eigenvalue weighted by molar-refractivity contribution is 6.13. The zero-order chi connectivity index (χ0) is 23.8. The Bertz CT molecular complexity index is 1530. The van der Waals surface area contributed by atoms with Crippen LogP contribution in [0.15, 0.2) is 67.0 Å². The SMILES string of the molecule is Cc1cccc(Cn2cc(NC(=O)c3cc(-c4c(C)nn(C)c4C)nc4ccccc34)cn2)c1. The molecular weight excluding hydrogens is 424 g/mol. The molecule has 0 fully saturated rings. The molecule has 3 aromatic heterocycles. The van der Waals surface area contributed by atoms with Gasteiger partial charge in [0, 0.05) is 29.9 Å². The molecule has 5 rings (SSSR count).